The minimum Gasteiger partial charge on any atom is -0.494 e. The third-order valence-electron chi connectivity index (χ3n) is 3.54. The summed E-state index contributed by atoms with van der Waals surface area (Å²) < 4.78 is 0. The van der Waals surface area contributed by atoms with Gasteiger partial charge in [-0.1, -0.05) is 70.2 Å². The Morgan fingerprint density at radius 1 is 0.792 bits per heavy atom. The Balaban J connectivity index is 0.000000487. The number of hydrogen-bond acceptors (Lipinski definition) is 2. The van der Waals surface area contributed by atoms with Gasteiger partial charge in [-0.15, -0.1) is 0 Å². The summed E-state index contributed by atoms with van der Waals surface area (Å²) in [6.07, 6.45) is 0. The van der Waals surface area contributed by atoms with Crippen LogP contribution in [-0.4, -0.2) is 15.1 Å². The summed E-state index contributed by atoms with van der Waals surface area (Å²) in [4.78, 5) is 7.64. The standard InChI is InChI=1S/C17H12N2O.2C2H6/c20-17-16(12-6-2-4-8-14(12)19-17)15-10-9-11-5-1-3-7-13(11)18-15;2*1-2/h1-10,19-20H;2*1-2H3. The lowest BCUT2D eigenvalue weighted by Gasteiger charge is -2.02. The van der Waals surface area contributed by atoms with Crippen LogP contribution < -0.4 is 0 Å². The van der Waals surface area contributed by atoms with Gasteiger partial charge in [-0.05, 0) is 18.2 Å². The predicted octanol–water partition coefficient (Wildman–Crippen LogP) is 6.14. The molecule has 4 rings (SSSR count). The van der Waals surface area contributed by atoms with Crippen molar-refractivity contribution in [1.29, 1.82) is 0 Å². The van der Waals surface area contributed by atoms with Crippen LogP contribution in [0.1, 0.15) is 27.7 Å². The molecule has 4 aromatic rings. The lowest BCUT2D eigenvalue weighted by atomic mass is 10.1. The van der Waals surface area contributed by atoms with Crippen molar-refractivity contribution in [3.63, 3.8) is 0 Å². The van der Waals surface area contributed by atoms with Crippen LogP contribution >= 0.6 is 0 Å². The van der Waals surface area contributed by atoms with Gasteiger partial charge in [0.15, 0.2) is 5.88 Å². The molecule has 0 atom stereocenters. The van der Waals surface area contributed by atoms with Crippen molar-refractivity contribution in [2.24, 2.45) is 0 Å². The Hall–Kier alpha value is -2.81. The first-order valence-electron chi connectivity index (χ1n) is 8.49. The van der Waals surface area contributed by atoms with Crippen molar-refractivity contribution < 1.29 is 5.11 Å². The van der Waals surface area contributed by atoms with Gasteiger partial charge in [0.05, 0.1) is 16.8 Å². The average molecular weight is 320 g/mol. The molecule has 0 saturated heterocycles. The van der Waals surface area contributed by atoms with E-state index in [-0.39, 0.29) is 5.88 Å². The highest BCUT2D eigenvalue weighted by Gasteiger charge is 2.13. The zero-order valence-electron chi connectivity index (χ0n) is 14.7. The molecule has 24 heavy (non-hydrogen) atoms. The van der Waals surface area contributed by atoms with Crippen LogP contribution in [-0.2, 0) is 0 Å². The van der Waals surface area contributed by atoms with Crippen molar-refractivity contribution >= 4 is 21.8 Å². The van der Waals surface area contributed by atoms with Crippen molar-refractivity contribution in [3.8, 4) is 17.1 Å². The topological polar surface area (TPSA) is 48.9 Å². The summed E-state index contributed by atoms with van der Waals surface area (Å²) >= 11 is 0. The largest absolute Gasteiger partial charge is 0.494 e. The molecule has 0 aliphatic carbocycles. The highest BCUT2D eigenvalue weighted by Crippen LogP contribution is 2.35. The number of aromatic hydroxyl groups is 1. The first-order valence-corrected chi connectivity index (χ1v) is 8.49. The Morgan fingerprint density at radius 2 is 1.46 bits per heavy atom. The molecule has 0 aliphatic rings. The number of nitrogens with one attached hydrogen (secondary N) is 1. The number of hydrogen-bond donors (Lipinski definition) is 2. The molecule has 2 aromatic carbocycles. The van der Waals surface area contributed by atoms with Gasteiger partial charge in [0.25, 0.3) is 0 Å². The van der Waals surface area contributed by atoms with E-state index >= 15 is 0 Å². The molecule has 2 aromatic heterocycles. The van der Waals surface area contributed by atoms with Gasteiger partial charge in [0.2, 0.25) is 0 Å². The van der Waals surface area contributed by atoms with E-state index in [2.05, 4.69) is 9.97 Å². The van der Waals surface area contributed by atoms with E-state index in [4.69, 9.17) is 0 Å². The molecule has 0 unspecified atom stereocenters. The molecule has 0 spiro atoms. The molecule has 0 saturated carbocycles. The zero-order valence-corrected chi connectivity index (χ0v) is 14.7. The van der Waals surface area contributed by atoms with Crippen LogP contribution in [0.5, 0.6) is 5.88 Å². The SMILES string of the molecule is CC.CC.Oc1[nH]c2ccccc2c1-c1ccc2ccccc2n1. The summed E-state index contributed by atoms with van der Waals surface area (Å²) in [5, 5.41) is 12.2. The average Bonchev–Trinajstić information content (AvgIpc) is 3.00. The molecule has 0 amide bonds. The second-order valence-corrected chi connectivity index (χ2v) is 4.78. The maximum Gasteiger partial charge on any atom is 0.199 e. The summed E-state index contributed by atoms with van der Waals surface area (Å²) in [7, 11) is 0. The number of aromatic nitrogens is 2. The minimum atomic E-state index is 0.161. The van der Waals surface area contributed by atoms with Crippen LogP contribution in [0.4, 0.5) is 0 Å². The van der Waals surface area contributed by atoms with Gasteiger partial charge in [-0.3, -0.25) is 0 Å². The van der Waals surface area contributed by atoms with E-state index in [0.29, 0.717) is 0 Å². The number of nitrogens with zero attached hydrogens (tertiary/aromatic N) is 1. The first kappa shape index (κ1) is 17.5. The van der Waals surface area contributed by atoms with Crippen LogP contribution in [0.3, 0.4) is 0 Å². The summed E-state index contributed by atoms with van der Waals surface area (Å²) in [6, 6.07) is 19.8. The normalized spacial score (nSPS) is 9.83. The summed E-state index contributed by atoms with van der Waals surface area (Å²) in [5.41, 5.74) is 3.37. The number of aromatic amines is 1. The fourth-order valence-electron chi connectivity index (χ4n) is 2.59. The van der Waals surface area contributed by atoms with E-state index < -0.39 is 0 Å². The van der Waals surface area contributed by atoms with Gasteiger partial charge in [-0.2, -0.15) is 0 Å². The maximum atomic E-state index is 10.2. The maximum absolute atomic E-state index is 10.2. The third kappa shape index (κ3) is 3.25. The van der Waals surface area contributed by atoms with Crippen LogP contribution in [0, 0.1) is 0 Å². The van der Waals surface area contributed by atoms with Gasteiger partial charge >= 0.3 is 0 Å². The fourth-order valence-corrected chi connectivity index (χ4v) is 2.59. The molecular formula is C21H24N2O. The molecule has 0 radical (unpaired) electrons. The number of pyridine rings is 1. The van der Waals surface area contributed by atoms with E-state index in [0.717, 1.165) is 33.1 Å². The molecule has 0 fully saturated rings. The van der Waals surface area contributed by atoms with Gasteiger partial charge in [-0.25, -0.2) is 4.98 Å². The molecule has 2 N–H and O–H groups in total. The van der Waals surface area contributed by atoms with Crippen molar-refractivity contribution in [3.05, 3.63) is 60.7 Å². The lowest BCUT2D eigenvalue weighted by Crippen LogP contribution is -1.84. The van der Waals surface area contributed by atoms with Gasteiger partial charge in [0.1, 0.15) is 0 Å². The molecule has 2 heterocycles. The smallest absolute Gasteiger partial charge is 0.199 e. The summed E-state index contributed by atoms with van der Waals surface area (Å²) in [6.45, 7) is 8.00. The first-order chi connectivity index (χ1) is 11.8. The van der Waals surface area contributed by atoms with Crippen molar-refractivity contribution in [2.75, 3.05) is 0 Å². The molecule has 3 nitrogen and oxygen atoms in total. The van der Waals surface area contributed by atoms with E-state index in [1.165, 1.54) is 0 Å². The Morgan fingerprint density at radius 3 is 2.25 bits per heavy atom. The second kappa shape index (κ2) is 8.16. The Kier molecular flexibility index (Phi) is 5.96. The Bertz CT molecular complexity index is 925. The highest BCUT2D eigenvalue weighted by molar-refractivity contribution is 5.99. The molecule has 0 bridgehead atoms. The number of para-hydroxylation sites is 2. The van der Waals surface area contributed by atoms with Crippen molar-refractivity contribution in [1.82, 2.24) is 9.97 Å². The van der Waals surface area contributed by atoms with Crippen LogP contribution in [0.25, 0.3) is 33.1 Å². The quantitative estimate of drug-likeness (QED) is 0.442. The van der Waals surface area contributed by atoms with Gasteiger partial charge < -0.3 is 10.1 Å². The van der Waals surface area contributed by atoms with Crippen LogP contribution in [0.2, 0.25) is 0 Å². The van der Waals surface area contributed by atoms with E-state index in [9.17, 15) is 5.11 Å². The Labute approximate surface area is 143 Å². The minimum absolute atomic E-state index is 0.161. The molecule has 3 heteroatoms. The highest BCUT2D eigenvalue weighted by atomic mass is 16.3. The fraction of sp³-hybridized carbons (Fsp3) is 0.190. The number of rotatable bonds is 1. The number of benzene rings is 2. The molecule has 124 valence electrons. The lowest BCUT2D eigenvalue weighted by molar-refractivity contribution is 0.460. The zero-order chi connectivity index (χ0) is 17.5. The predicted molar refractivity (Wildman–Crippen MR) is 103 cm³/mol. The third-order valence-corrected chi connectivity index (χ3v) is 3.54. The van der Waals surface area contributed by atoms with E-state index in [1.54, 1.807) is 0 Å². The molecular weight excluding hydrogens is 296 g/mol. The van der Waals surface area contributed by atoms with Crippen LogP contribution in [0.15, 0.2) is 60.7 Å². The van der Waals surface area contributed by atoms with Crippen molar-refractivity contribution in [2.45, 2.75) is 27.7 Å². The van der Waals surface area contributed by atoms with E-state index in [1.807, 2.05) is 88.4 Å². The summed E-state index contributed by atoms with van der Waals surface area (Å²) in [5.74, 6) is 0.161. The monoisotopic (exact) mass is 320 g/mol. The number of H-pyrrole nitrogens is 1. The van der Waals surface area contributed by atoms with Gasteiger partial charge in [0, 0.05) is 16.3 Å². The second-order valence-electron chi connectivity index (χ2n) is 4.78. The number of fused-ring (bicyclic) bond motifs is 2. The molecule has 0 aliphatic heterocycles.